The van der Waals surface area contributed by atoms with Crippen molar-refractivity contribution in [2.75, 3.05) is 7.05 Å². The first-order valence-corrected chi connectivity index (χ1v) is 7.26. The lowest BCUT2D eigenvalue weighted by Crippen LogP contribution is -2.29. The first kappa shape index (κ1) is 15.6. The second-order valence-corrected chi connectivity index (χ2v) is 5.42. The lowest BCUT2D eigenvalue weighted by Gasteiger charge is -2.17. The molecule has 0 aromatic heterocycles. The normalized spacial score (nSPS) is 12.4. The van der Waals surface area contributed by atoms with Gasteiger partial charge in [0.1, 0.15) is 11.6 Å². The van der Waals surface area contributed by atoms with Gasteiger partial charge in [-0.25, -0.2) is 8.78 Å². The minimum absolute atomic E-state index is 0.0527. The van der Waals surface area contributed by atoms with E-state index in [1.165, 1.54) is 29.3 Å². The van der Waals surface area contributed by atoms with Crippen LogP contribution in [0.2, 0.25) is 0 Å². The first-order chi connectivity index (χ1) is 10.1. The zero-order chi connectivity index (χ0) is 15.2. The molecule has 1 atom stereocenters. The van der Waals surface area contributed by atoms with Gasteiger partial charge in [-0.2, -0.15) is 0 Å². The van der Waals surface area contributed by atoms with Crippen LogP contribution in [0.4, 0.5) is 8.78 Å². The minimum atomic E-state index is -0.467. The Morgan fingerprint density at radius 1 is 1.05 bits per heavy atom. The highest BCUT2D eigenvalue weighted by Gasteiger charge is 2.14. The Bertz CT molecular complexity index is 575. The standard InChI is InChI=1S/C18H21F2N/c1-13-5-3-6-14(11-13)9-10-15(21-2)12-16-17(19)7-4-8-18(16)20/h3-8,11,15,21H,9-10,12H2,1-2H3. The van der Waals surface area contributed by atoms with Gasteiger partial charge in [0.25, 0.3) is 0 Å². The molecule has 0 bridgehead atoms. The van der Waals surface area contributed by atoms with Crippen LogP contribution in [0.25, 0.3) is 0 Å². The molecule has 0 heterocycles. The second-order valence-electron chi connectivity index (χ2n) is 5.42. The number of benzene rings is 2. The third-order valence-corrected chi connectivity index (χ3v) is 3.78. The van der Waals surface area contributed by atoms with Gasteiger partial charge in [0.05, 0.1) is 0 Å². The van der Waals surface area contributed by atoms with Crippen LogP contribution in [0.15, 0.2) is 42.5 Å². The van der Waals surface area contributed by atoms with Crippen LogP contribution >= 0.6 is 0 Å². The Hall–Kier alpha value is -1.74. The van der Waals surface area contributed by atoms with Crippen LogP contribution < -0.4 is 5.32 Å². The molecule has 0 aliphatic heterocycles. The predicted molar refractivity (Wildman–Crippen MR) is 82.4 cm³/mol. The average Bonchev–Trinajstić information content (AvgIpc) is 2.46. The molecule has 2 aromatic rings. The van der Waals surface area contributed by atoms with E-state index in [1.54, 1.807) is 0 Å². The average molecular weight is 289 g/mol. The van der Waals surface area contributed by atoms with E-state index in [1.807, 2.05) is 13.1 Å². The molecule has 1 N–H and O–H groups in total. The number of aryl methyl sites for hydroxylation is 2. The van der Waals surface area contributed by atoms with Crippen LogP contribution in [0.5, 0.6) is 0 Å². The van der Waals surface area contributed by atoms with Crippen LogP contribution in [0.1, 0.15) is 23.1 Å². The lowest BCUT2D eigenvalue weighted by molar-refractivity contribution is 0.483. The molecule has 2 aromatic carbocycles. The molecule has 0 saturated carbocycles. The van der Waals surface area contributed by atoms with E-state index in [0.29, 0.717) is 6.42 Å². The monoisotopic (exact) mass is 289 g/mol. The number of nitrogens with one attached hydrogen (secondary N) is 1. The molecule has 112 valence electrons. The van der Waals surface area contributed by atoms with E-state index < -0.39 is 11.6 Å². The highest BCUT2D eigenvalue weighted by molar-refractivity contribution is 5.23. The Morgan fingerprint density at radius 3 is 2.33 bits per heavy atom. The van der Waals surface area contributed by atoms with E-state index in [4.69, 9.17) is 0 Å². The predicted octanol–water partition coefficient (Wildman–Crippen LogP) is 4.04. The Morgan fingerprint density at radius 2 is 1.71 bits per heavy atom. The van der Waals surface area contributed by atoms with E-state index in [9.17, 15) is 8.78 Å². The highest BCUT2D eigenvalue weighted by atomic mass is 19.1. The zero-order valence-corrected chi connectivity index (χ0v) is 12.5. The fraction of sp³-hybridized carbons (Fsp3) is 0.333. The summed E-state index contributed by atoms with van der Waals surface area (Å²) in [4.78, 5) is 0. The van der Waals surface area contributed by atoms with Crippen molar-refractivity contribution in [3.63, 3.8) is 0 Å². The van der Waals surface area contributed by atoms with Crippen molar-refractivity contribution in [2.45, 2.75) is 32.2 Å². The highest BCUT2D eigenvalue weighted by Crippen LogP contribution is 2.16. The molecule has 0 amide bonds. The summed E-state index contributed by atoms with van der Waals surface area (Å²) in [6, 6.07) is 12.4. The molecule has 1 unspecified atom stereocenters. The third-order valence-electron chi connectivity index (χ3n) is 3.78. The van der Waals surface area contributed by atoms with Gasteiger partial charge in [-0.15, -0.1) is 0 Å². The first-order valence-electron chi connectivity index (χ1n) is 7.26. The Labute approximate surface area is 125 Å². The fourth-order valence-corrected chi connectivity index (χ4v) is 2.53. The largest absolute Gasteiger partial charge is 0.317 e. The number of rotatable bonds is 6. The summed E-state index contributed by atoms with van der Waals surface area (Å²) in [6.45, 7) is 2.06. The molecule has 0 radical (unpaired) electrons. The van der Waals surface area contributed by atoms with Gasteiger partial charge in [-0.3, -0.25) is 0 Å². The van der Waals surface area contributed by atoms with Crippen molar-refractivity contribution >= 4 is 0 Å². The molecule has 3 heteroatoms. The van der Waals surface area contributed by atoms with Gasteiger partial charge in [0.15, 0.2) is 0 Å². The maximum absolute atomic E-state index is 13.7. The molecule has 2 rings (SSSR count). The van der Waals surface area contributed by atoms with Gasteiger partial charge in [-0.1, -0.05) is 35.9 Å². The fourth-order valence-electron chi connectivity index (χ4n) is 2.53. The third kappa shape index (κ3) is 4.36. The van der Waals surface area contributed by atoms with Gasteiger partial charge in [-0.05, 0) is 50.9 Å². The van der Waals surface area contributed by atoms with E-state index in [2.05, 4.69) is 30.4 Å². The summed E-state index contributed by atoms with van der Waals surface area (Å²) in [7, 11) is 1.83. The Kier molecular flexibility index (Phi) is 5.45. The van der Waals surface area contributed by atoms with Gasteiger partial charge in [0.2, 0.25) is 0 Å². The maximum Gasteiger partial charge on any atom is 0.129 e. The maximum atomic E-state index is 13.7. The van der Waals surface area contributed by atoms with Crippen molar-refractivity contribution in [3.05, 3.63) is 70.8 Å². The van der Waals surface area contributed by atoms with Gasteiger partial charge >= 0.3 is 0 Å². The smallest absolute Gasteiger partial charge is 0.129 e. The molecule has 0 aliphatic rings. The summed E-state index contributed by atoms with van der Waals surface area (Å²) in [5.41, 5.74) is 2.65. The van der Waals surface area contributed by atoms with Crippen LogP contribution in [0, 0.1) is 18.6 Å². The lowest BCUT2D eigenvalue weighted by atomic mass is 9.98. The number of halogens is 2. The SMILES string of the molecule is CNC(CCc1cccc(C)c1)Cc1c(F)cccc1F. The molecule has 1 nitrogen and oxygen atoms in total. The molecular weight excluding hydrogens is 268 g/mol. The molecular formula is C18H21F2N. The van der Waals surface area contributed by atoms with Gasteiger partial charge in [0, 0.05) is 11.6 Å². The van der Waals surface area contributed by atoms with E-state index in [0.717, 1.165) is 12.8 Å². The molecule has 0 fully saturated rings. The summed E-state index contributed by atoms with van der Waals surface area (Å²) >= 11 is 0. The molecule has 0 aliphatic carbocycles. The van der Waals surface area contributed by atoms with E-state index in [-0.39, 0.29) is 11.6 Å². The van der Waals surface area contributed by atoms with Crippen LogP contribution in [-0.2, 0) is 12.8 Å². The van der Waals surface area contributed by atoms with Crippen molar-refractivity contribution in [3.8, 4) is 0 Å². The van der Waals surface area contributed by atoms with Gasteiger partial charge < -0.3 is 5.32 Å². The van der Waals surface area contributed by atoms with Crippen molar-refractivity contribution in [1.82, 2.24) is 5.32 Å². The molecule has 0 spiro atoms. The summed E-state index contributed by atoms with van der Waals surface area (Å²) < 4.78 is 27.4. The van der Waals surface area contributed by atoms with Crippen LogP contribution in [0.3, 0.4) is 0 Å². The topological polar surface area (TPSA) is 12.0 Å². The number of hydrogen-bond donors (Lipinski definition) is 1. The molecule has 0 saturated heterocycles. The number of hydrogen-bond acceptors (Lipinski definition) is 1. The summed E-state index contributed by atoms with van der Waals surface area (Å²) in [5.74, 6) is -0.934. The van der Waals surface area contributed by atoms with Crippen molar-refractivity contribution in [1.29, 1.82) is 0 Å². The van der Waals surface area contributed by atoms with Crippen molar-refractivity contribution < 1.29 is 8.78 Å². The number of likely N-dealkylation sites (N-methyl/N-ethyl adjacent to an activating group) is 1. The molecule has 21 heavy (non-hydrogen) atoms. The Balaban J connectivity index is 2.00. The summed E-state index contributed by atoms with van der Waals surface area (Å²) in [6.07, 6.45) is 2.10. The quantitative estimate of drug-likeness (QED) is 0.846. The van der Waals surface area contributed by atoms with E-state index >= 15 is 0 Å². The second kappa shape index (κ2) is 7.32. The van der Waals surface area contributed by atoms with Crippen LogP contribution in [-0.4, -0.2) is 13.1 Å². The zero-order valence-electron chi connectivity index (χ0n) is 12.5. The van der Waals surface area contributed by atoms with Crippen molar-refractivity contribution in [2.24, 2.45) is 0 Å². The minimum Gasteiger partial charge on any atom is -0.317 e. The summed E-state index contributed by atoms with van der Waals surface area (Å²) in [5, 5.41) is 3.16.